The van der Waals surface area contributed by atoms with Gasteiger partial charge in [-0.2, -0.15) is 13.2 Å². The highest BCUT2D eigenvalue weighted by Crippen LogP contribution is 2.46. The number of alkyl halides is 3. The largest absolute Gasteiger partial charge is 0.489 e. The highest BCUT2D eigenvalue weighted by molar-refractivity contribution is 5.97. The predicted molar refractivity (Wildman–Crippen MR) is 94.8 cm³/mol. The molecule has 4 rings (SSSR count). The van der Waals surface area contributed by atoms with Crippen LogP contribution in [0.2, 0.25) is 0 Å². The molecule has 0 spiro atoms. The third-order valence-electron chi connectivity index (χ3n) is 6.09. The molecule has 2 saturated carbocycles. The van der Waals surface area contributed by atoms with Gasteiger partial charge < -0.3 is 15.4 Å². The van der Waals surface area contributed by atoms with E-state index in [0.717, 1.165) is 37.8 Å². The van der Waals surface area contributed by atoms with Crippen molar-refractivity contribution in [3.63, 3.8) is 0 Å². The Hall–Kier alpha value is -2.25. The molecule has 2 amide bonds. The third kappa shape index (κ3) is 3.95. The van der Waals surface area contributed by atoms with E-state index in [9.17, 15) is 22.8 Å². The summed E-state index contributed by atoms with van der Waals surface area (Å²) in [6, 6.07) is 2.66. The normalized spacial score (nSPS) is 29.5. The maximum atomic E-state index is 13.2. The number of rotatable bonds is 4. The van der Waals surface area contributed by atoms with Crippen LogP contribution in [0.3, 0.4) is 0 Å². The van der Waals surface area contributed by atoms with Crippen molar-refractivity contribution in [2.24, 2.45) is 11.8 Å². The number of carbonyl (C=O) groups is 2. The molecular formula is C20H23F3N2O3. The SMILES string of the molecule is O=C1CC(NC(=O)c2ccc(C(F)(F)F)cc2OC2CC3CCC2C3)CCN1. The second kappa shape index (κ2) is 7.29. The minimum absolute atomic E-state index is 0.0230. The van der Waals surface area contributed by atoms with E-state index in [1.807, 2.05) is 0 Å². The minimum atomic E-state index is -4.51. The number of carbonyl (C=O) groups excluding carboxylic acids is 2. The predicted octanol–water partition coefficient (Wildman–Crippen LogP) is 3.28. The van der Waals surface area contributed by atoms with Crippen molar-refractivity contribution in [1.82, 2.24) is 10.6 Å². The lowest BCUT2D eigenvalue weighted by molar-refractivity contribution is -0.137. The van der Waals surface area contributed by atoms with E-state index in [1.165, 1.54) is 6.07 Å². The lowest BCUT2D eigenvalue weighted by Crippen LogP contribution is -2.45. The molecule has 2 bridgehead atoms. The van der Waals surface area contributed by atoms with Gasteiger partial charge in [0.2, 0.25) is 5.91 Å². The summed E-state index contributed by atoms with van der Waals surface area (Å²) < 4.78 is 45.5. The van der Waals surface area contributed by atoms with Crippen LogP contribution in [-0.4, -0.2) is 30.5 Å². The molecule has 5 nitrogen and oxygen atoms in total. The number of ether oxygens (including phenoxy) is 1. The third-order valence-corrected chi connectivity index (χ3v) is 6.09. The van der Waals surface area contributed by atoms with Crippen molar-refractivity contribution in [3.05, 3.63) is 29.3 Å². The van der Waals surface area contributed by atoms with Crippen LogP contribution in [0.15, 0.2) is 18.2 Å². The van der Waals surface area contributed by atoms with Gasteiger partial charge in [0.05, 0.1) is 11.1 Å². The Kier molecular flexibility index (Phi) is 4.97. The second-order valence-electron chi connectivity index (χ2n) is 8.05. The molecule has 2 aliphatic carbocycles. The number of piperidine rings is 1. The van der Waals surface area contributed by atoms with E-state index in [1.54, 1.807) is 0 Å². The summed E-state index contributed by atoms with van der Waals surface area (Å²) in [5, 5.41) is 5.45. The van der Waals surface area contributed by atoms with Crippen molar-refractivity contribution in [1.29, 1.82) is 0 Å². The van der Waals surface area contributed by atoms with Gasteiger partial charge >= 0.3 is 6.18 Å². The van der Waals surface area contributed by atoms with Crippen molar-refractivity contribution in [3.8, 4) is 5.75 Å². The van der Waals surface area contributed by atoms with Crippen molar-refractivity contribution >= 4 is 11.8 Å². The molecule has 28 heavy (non-hydrogen) atoms. The Morgan fingerprint density at radius 1 is 1.18 bits per heavy atom. The summed E-state index contributed by atoms with van der Waals surface area (Å²) in [5.74, 6) is 0.232. The Bertz CT molecular complexity index is 780. The molecule has 1 saturated heterocycles. The molecule has 2 N–H and O–H groups in total. The van der Waals surface area contributed by atoms with E-state index < -0.39 is 17.6 Å². The quantitative estimate of drug-likeness (QED) is 0.821. The molecule has 0 radical (unpaired) electrons. The van der Waals surface area contributed by atoms with Crippen LogP contribution in [0, 0.1) is 11.8 Å². The van der Waals surface area contributed by atoms with E-state index in [4.69, 9.17) is 4.74 Å². The summed E-state index contributed by atoms with van der Waals surface area (Å²) >= 11 is 0. The molecule has 1 aromatic carbocycles. The first kappa shape index (κ1) is 19.1. The molecule has 152 valence electrons. The van der Waals surface area contributed by atoms with Crippen LogP contribution in [0.4, 0.5) is 13.2 Å². The second-order valence-corrected chi connectivity index (χ2v) is 8.05. The standard InChI is InChI=1S/C20H23F3N2O3/c21-20(22,23)13-3-4-15(19(27)25-14-5-6-24-18(26)10-14)17(9-13)28-16-8-11-1-2-12(16)7-11/h3-4,9,11-12,14,16H,1-2,5-8,10H2,(H,24,26)(H,25,27). The maximum Gasteiger partial charge on any atom is 0.416 e. The number of hydrogen-bond acceptors (Lipinski definition) is 3. The summed E-state index contributed by atoms with van der Waals surface area (Å²) in [4.78, 5) is 24.2. The molecule has 3 fully saturated rings. The zero-order valence-electron chi connectivity index (χ0n) is 15.3. The molecule has 0 aromatic heterocycles. The van der Waals surface area contributed by atoms with Crippen molar-refractivity contribution in [2.45, 2.75) is 56.8 Å². The summed E-state index contributed by atoms with van der Waals surface area (Å²) in [6.07, 6.45) is 0.123. The van der Waals surface area contributed by atoms with E-state index in [2.05, 4.69) is 10.6 Å². The van der Waals surface area contributed by atoms with Gasteiger partial charge in [-0.15, -0.1) is 0 Å². The van der Waals surface area contributed by atoms with Gasteiger partial charge in [0.1, 0.15) is 11.9 Å². The molecule has 4 atom stereocenters. The van der Waals surface area contributed by atoms with E-state index in [0.29, 0.717) is 24.8 Å². The number of nitrogens with one attached hydrogen (secondary N) is 2. The number of hydrogen-bond donors (Lipinski definition) is 2. The van der Waals surface area contributed by atoms with Gasteiger partial charge in [0.15, 0.2) is 0 Å². The fraction of sp³-hybridized carbons (Fsp3) is 0.600. The Morgan fingerprint density at radius 3 is 2.64 bits per heavy atom. The molecule has 8 heteroatoms. The number of amides is 2. The first-order valence-corrected chi connectivity index (χ1v) is 9.75. The Balaban J connectivity index is 1.56. The van der Waals surface area contributed by atoms with Crippen LogP contribution in [0.5, 0.6) is 5.75 Å². The molecular weight excluding hydrogens is 373 g/mol. The van der Waals surface area contributed by atoms with E-state index in [-0.39, 0.29) is 35.8 Å². The van der Waals surface area contributed by atoms with Gasteiger partial charge in [0, 0.05) is 19.0 Å². The topological polar surface area (TPSA) is 67.4 Å². The van der Waals surface area contributed by atoms with Crippen LogP contribution in [-0.2, 0) is 11.0 Å². The Labute approximate surface area is 161 Å². The maximum absolute atomic E-state index is 13.2. The fourth-order valence-corrected chi connectivity index (χ4v) is 4.65. The number of fused-ring (bicyclic) bond motifs is 2. The van der Waals surface area contributed by atoms with Crippen molar-refractivity contribution < 1.29 is 27.5 Å². The van der Waals surface area contributed by atoms with Crippen LogP contribution >= 0.6 is 0 Å². The number of benzene rings is 1. The Morgan fingerprint density at radius 2 is 2.00 bits per heavy atom. The lowest BCUT2D eigenvalue weighted by Gasteiger charge is -2.26. The van der Waals surface area contributed by atoms with Gasteiger partial charge in [-0.25, -0.2) is 0 Å². The average Bonchev–Trinajstić information content (AvgIpc) is 3.24. The highest BCUT2D eigenvalue weighted by atomic mass is 19.4. The van der Waals surface area contributed by atoms with Gasteiger partial charge in [0.25, 0.3) is 5.91 Å². The summed E-state index contributed by atoms with van der Waals surface area (Å²) in [6.45, 7) is 0.464. The molecule has 1 heterocycles. The van der Waals surface area contributed by atoms with Crippen molar-refractivity contribution in [2.75, 3.05) is 6.54 Å². The average molecular weight is 396 g/mol. The lowest BCUT2D eigenvalue weighted by atomic mass is 9.97. The van der Waals surface area contributed by atoms with Gasteiger partial charge in [-0.05, 0) is 62.1 Å². The molecule has 3 aliphatic rings. The zero-order chi connectivity index (χ0) is 19.9. The van der Waals surface area contributed by atoms with E-state index >= 15 is 0 Å². The zero-order valence-corrected chi connectivity index (χ0v) is 15.3. The summed E-state index contributed by atoms with van der Waals surface area (Å²) in [7, 11) is 0. The first-order valence-electron chi connectivity index (χ1n) is 9.75. The van der Waals surface area contributed by atoms with Gasteiger partial charge in [-0.1, -0.05) is 0 Å². The molecule has 1 aliphatic heterocycles. The van der Waals surface area contributed by atoms with Crippen LogP contribution < -0.4 is 15.4 Å². The first-order chi connectivity index (χ1) is 13.3. The fourth-order valence-electron chi connectivity index (χ4n) is 4.65. The summed E-state index contributed by atoms with van der Waals surface area (Å²) in [5.41, 5.74) is -0.749. The smallest absolute Gasteiger partial charge is 0.416 e. The molecule has 1 aromatic rings. The molecule has 4 unspecified atom stereocenters. The van der Waals surface area contributed by atoms with Crippen LogP contribution in [0.1, 0.15) is 54.4 Å². The van der Waals surface area contributed by atoms with Crippen LogP contribution in [0.25, 0.3) is 0 Å². The van der Waals surface area contributed by atoms with Gasteiger partial charge in [-0.3, -0.25) is 9.59 Å². The minimum Gasteiger partial charge on any atom is -0.489 e. The highest BCUT2D eigenvalue weighted by Gasteiger charge is 2.42. The monoisotopic (exact) mass is 396 g/mol. The number of halogens is 3.